The molecule has 10 nitrogen and oxygen atoms in total. The topological polar surface area (TPSA) is 143 Å². The molecule has 5 rings (SSSR count). The van der Waals surface area contributed by atoms with Crippen molar-refractivity contribution in [3.05, 3.63) is 157 Å². The van der Waals surface area contributed by atoms with Crippen LogP contribution in [0.1, 0.15) is 53.9 Å². The largest absolute Gasteiger partial charge is 0.462 e. The second kappa shape index (κ2) is 22.9. The molecular weight excluding hydrogens is 751 g/mol. The lowest BCUT2D eigenvalue weighted by Gasteiger charge is -2.24. The van der Waals surface area contributed by atoms with Gasteiger partial charge in [0, 0.05) is 23.8 Å². The molecule has 4 aromatic carbocycles. The van der Waals surface area contributed by atoms with Gasteiger partial charge < -0.3 is 30.5 Å². The predicted octanol–water partition coefficient (Wildman–Crippen LogP) is 7.12. The van der Waals surface area contributed by atoms with Gasteiger partial charge in [0.15, 0.2) is 0 Å². The van der Waals surface area contributed by atoms with Gasteiger partial charge in [-0.15, -0.1) is 13.2 Å². The zero-order chi connectivity index (χ0) is 41.1. The lowest BCUT2D eigenvalue weighted by Crippen LogP contribution is -2.47. The highest BCUT2D eigenvalue weighted by atomic mass is 32.2. The summed E-state index contributed by atoms with van der Waals surface area (Å²) >= 11 is 1.56. The number of carbonyl (C=O) groups is 4. The Bertz CT molecular complexity index is 1930. The number of allylic oxidation sites excluding steroid dienone is 2. The standard InChI is InChI=1S/C47H53N3O7S/c1-3-5-25-43(50-47(55)57-30-42-40-23-14-12-21-38(40)39-22-13-15-24-41(39)42)46(54)56-29-37(32-58-31-34-19-10-7-11-20-34)49-45(53)35(16-4-2)27-44(52)48-36(28-51)26-33-17-8-6-9-18-33/h3-4,6-15,17-24,35-37,42-43,51H,1-2,5,16,25-32H2,(H,48,52)(H,49,53)(H,50,55). The van der Waals surface area contributed by atoms with Gasteiger partial charge in [-0.1, -0.05) is 121 Å². The fraction of sp³-hybridized carbons (Fsp3) is 0.319. The Morgan fingerprint density at radius 1 is 0.741 bits per heavy atom. The van der Waals surface area contributed by atoms with Gasteiger partial charge in [-0.3, -0.25) is 9.59 Å². The Morgan fingerprint density at radius 2 is 1.36 bits per heavy atom. The molecule has 0 heterocycles. The number of carbonyl (C=O) groups excluding carboxylic acids is 4. The normalized spacial score (nSPS) is 13.7. The number of thioether (sulfide) groups is 1. The molecule has 0 bridgehead atoms. The van der Waals surface area contributed by atoms with Crippen LogP contribution in [-0.2, 0) is 36.0 Å². The van der Waals surface area contributed by atoms with E-state index in [1.54, 1.807) is 23.9 Å². The fourth-order valence-corrected chi connectivity index (χ4v) is 8.01. The molecule has 0 saturated heterocycles. The second-order valence-electron chi connectivity index (χ2n) is 14.3. The fourth-order valence-electron chi connectivity index (χ4n) is 7.00. The third-order valence-corrected chi connectivity index (χ3v) is 11.1. The summed E-state index contributed by atoms with van der Waals surface area (Å²) in [6.07, 6.45) is 3.73. The highest BCUT2D eigenvalue weighted by Gasteiger charge is 2.31. The van der Waals surface area contributed by atoms with Crippen molar-refractivity contribution in [2.45, 2.75) is 61.9 Å². The first-order valence-electron chi connectivity index (χ1n) is 19.7. The molecule has 4 atom stereocenters. The molecule has 4 N–H and O–H groups in total. The van der Waals surface area contributed by atoms with E-state index in [0.717, 1.165) is 33.4 Å². The molecule has 0 aliphatic heterocycles. The zero-order valence-corrected chi connectivity index (χ0v) is 33.5. The van der Waals surface area contributed by atoms with Gasteiger partial charge in [-0.05, 0) is 59.1 Å². The number of hydrogen-bond acceptors (Lipinski definition) is 8. The van der Waals surface area contributed by atoms with Crippen molar-refractivity contribution in [3.63, 3.8) is 0 Å². The van der Waals surface area contributed by atoms with Crippen LogP contribution in [0.25, 0.3) is 11.1 Å². The van der Waals surface area contributed by atoms with E-state index < -0.39 is 36.1 Å². The molecule has 11 heteroatoms. The Balaban J connectivity index is 1.20. The highest BCUT2D eigenvalue weighted by molar-refractivity contribution is 7.98. The highest BCUT2D eigenvalue weighted by Crippen LogP contribution is 2.44. The summed E-state index contributed by atoms with van der Waals surface area (Å²) < 4.78 is 11.5. The maximum atomic E-state index is 13.7. The molecule has 0 aromatic heterocycles. The first kappa shape index (κ1) is 43.5. The minimum absolute atomic E-state index is 0.0907. The predicted molar refractivity (Wildman–Crippen MR) is 229 cm³/mol. The third kappa shape index (κ3) is 12.9. The molecule has 1 aliphatic rings. The van der Waals surface area contributed by atoms with Crippen LogP contribution in [0.5, 0.6) is 0 Å². The van der Waals surface area contributed by atoms with E-state index in [9.17, 15) is 24.3 Å². The maximum Gasteiger partial charge on any atom is 0.407 e. The Hall–Kier alpha value is -5.65. The van der Waals surface area contributed by atoms with Gasteiger partial charge in [0.25, 0.3) is 0 Å². The van der Waals surface area contributed by atoms with Gasteiger partial charge in [0.05, 0.1) is 24.6 Å². The van der Waals surface area contributed by atoms with E-state index in [-0.39, 0.29) is 56.8 Å². The van der Waals surface area contributed by atoms with Crippen LogP contribution in [0.2, 0.25) is 0 Å². The van der Waals surface area contributed by atoms with Gasteiger partial charge in [0.1, 0.15) is 19.3 Å². The Kier molecular flexibility index (Phi) is 17.2. The minimum atomic E-state index is -1.02. The van der Waals surface area contributed by atoms with Crippen molar-refractivity contribution < 1.29 is 33.8 Å². The number of hydrogen-bond donors (Lipinski definition) is 4. The van der Waals surface area contributed by atoms with Crippen molar-refractivity contribution in [1.29, 1.82) is 0 Å². The summed E-state index contributed by atoms with van der Waals surface area (Å²) in [5.41, 5.74) is 6.43. The molecule has 1 aliphatic carbocycles. The van der Waals surface area contributed by atoms with E-state index >= 15 is 0 Å². The number of esters is 1. The van der Waals surface area contributed by atoms with Gasteiger partial charge in [0.2, 0.25) is 11.8 Å². The monoisotopic (exact) mass is 803 g/mol. The van der Waals surface area contributed by atoms with E-state index in [2.05, 4.69) is 41.2 Å². The number of amides is 3. The molecule has 58 heavy (non-hydrogen) atoms. The summed E-state index contributed by atoms with van der Waals surface area (Å²) in [4.78, 5) is 53.6. The molecule has 0 fully saturated rings. The van der Waals surface area contributed by atoms with Crippen LogP contribution in [0.4, 0.5) is 4.79 Å². The lowest BCUT2D eigenvalue weighted by atomic mass is 9.98. The van der Waals surface area contributed by atoms with Crippen LogP contribution in [-0.4, -0.2) is 72.7 Å². The molecule has 304 valence electrons. The van der Waals surface area contributed by atoms with Crippen molar-refractivity contribution in [1.82, 2.24) is 16.0 Å². The number of aliphatic hydroxyl groups excluding tert-OH is 1. The van der Waals surface area contributed by atoms with Crippen molar-refractivity contribution in [3.8, 4) is 11.1 Å². The number of aliphatic hydroxyl groups is 1. The number of benzene rings is 4. The van der Waals surface area contributed by atoms with Crippen molar-refractivity contribution in [2.24, 2.45) is 5.92 Å². The minimum Gasteiger partial charge on any atom is -0.462 e. The number of nitrogens with one attached hydrogen (secondary N) is 3. The molecular formula is C47H53N3O7S. The van der Waals surface area contributed by atoms with Gasteiger partial charge in [-0.2, -0.15) is 11.8 Å². The summed E-state index contributed by atoms with van der Waals surface area (Å²) in [6, 6.07) is 33.3. The molecule has 0 radical (unpaired) electrons. The van der Waals surface area contributed by atoms with Crippen LogP contribution < -0.4 is 16.0 Å². The van der Waals surface area contributed by atoms with Crippen molar-refractivity contribution in [2.75, 3.05) is 25.6 Å². The summed E-state index contributed by atoms with van der Waals surface area (Å²) in [7, 11) is 0. The van der Waals surface area contributed by atoms with E-state index in [1.165, 1.54) is 0 Å². The van der Waals surface area contributed by atoms with Gasteiger partial charge >= 0.3 is 12.1 Å². The number of alkyl carbamates (subject to hydrolysis) is 1. The van der Waals surface area contributed by atoms with Crippen LogP contribution >= 0.6 is 11.8 Å². The van der Waals surface area contributed by atoms with Crippen molar-refractivity contribution >= 4 is 35.6 Å². The van der Waals surface area contributed by atoms with Gasteiger partial charge in [-0.25, -0.2) is 9.59 Å². The van der Waals surface area contributed by atoms with E-state index in [0.29, 0.717) is 24.3 Å². The van der Waals surface area contributed by atoms with Crippen LogP contribution in [0, 0.1) is 5.92 Å². The summed E-state index contributed by atoms with van der Waals surface area (Å²) in [6.45, 7) is 7.23. The molecule has 4 unspecified atom stereocenters. The van der Waals surface area contributed by atoms with Crippen LogP contribution in [0.15, 0.2) is 135 Å². The van der Waals surface area contributed by atoms with E-state index in [1.807, 2.05) is 97.1 Å². The molecule has 0 saturated carbocycles. The average molecular weight is 804 g/mol. The average Bonchev–Trinajstić information content (AvgIpc) is 3.56. The summed E-state index contributed by atoms with van der Waals surface area (Å²) in [5.74, 6) is -1.25. The van der Waals surface area contributed by atoms with E-state index in [4.69, 9.17) is 9.47 Å². The third-order valence-electron chi connectivity index (χ3n) is 9.95. The Morgan fingerprint density at radius 3 is 1.98 bits per heavy atom. The summed E-state index contributed by atoms with van der Waals surface area (Å²) in [5, 5.41) is 18.5. The smallest absolute Gasteiger partial charge is 0.407 e. The first-order chi connectivity index (χ1) is 28.3. The quantitative estimate of drug-likeness (QED) is 0.0459. The number of fused-ring (bicyclic) bond motifs is 3. The number of ether oxygens (including phenoxy) is 2. The zero-order valence-electron chi connectivity index (χ0n) is 32.7. The lowest BCUT2D eigenvalue weighted by molar-refractivity contribution is -0.147. The SMILES string of the molecule is C=CCCC(NC(=O)OCC1c2ccccc2-c2ccccc21)C(=O)OCC(CSCc1ccccc1)NC(=O)C(CC=C)CC(=O)NC(CO)Cc1ccccc1. The molecule has 3 amide bonds. The molecule has 0 spiro atoms. The first-order valence-corrected chi connectivity index (χ1v) is 20.8. The Labute approximate surface area is 345 Å². The molecule has 4 aromatic rings. The maximum absolute atomic E-state index is 13.7. The second-order valence-corrected chi connectivity index (χ2v) is 15.3. The van der Waals surface area contributed by atoms with Crippen LogP contribution in [0.3, 0.4) is 0 Å². The number of rotatable bonds is 23.